The summed E-state index contributed by atoms with van der Waals surface area (Å²) in [6.45, 7) is 0. The predicted octanol–water partition coefficient (Wildman–Crippen LogP) is 18.3. The second-order valence-corrected chi connectivity index (χ2v) is 17.3. The Morgan fingerprint density at radius 3 is 1.15 bits per heavy atom. The minimum Gasteiger partial charge on any atom is -0.456 e. The van der Waals surface area contributed by atoms with E-state index in [1.807, 2.05) is 12.1 Å². The maximum Gasteiger partial charge on any atom is 0.136 e. The van der Waals surface area contributed by atoms with E-state index in [-0.39, 0.29) is 0 Å². The van der Waals surface area contributed by atoms with Gasteiger partial charge in [0.25, 0.3) is 0 Å². The van der Waals surface area contributed by atoms with Crippen molar-refractivity contribution in [2.45, 2.75) is 0 Å². The zero-order valence-corrected chi connectivity index (χ0v) is 36.0. The van der Waals surface area contributed by atoms with Gasteiger partial charge in [0.2, 0.25) is 0 Å². The van der Waals surface area contributed by atoms with Crippen LogP contribution in [-0.2, 0) is 0 Å². The first-order chi connectivity index (χ1) is 32.7. The molecule has 2 heteroatoms. The molecule has 0 fully saturated rings. The number of furan rings is 1. The summed E-state index contributed by atoms with van der Waals surface area (Å²) in [5, 5.41) is 12.4. The third kappa shape index (κ3) is 6.50. The number of anilines is 3. The lowest BCUT2D eigenvalue weighted by Crippen LogP contribution is -2.09. The van der Waals surface area contributed by atoms with Crippen LogP contribution in [0, 0.1) is 0 Å². The van der Waals surface area contributed by atoms with E-state index < -0.39 is 0 Å². The van der Waals surface area contributed by atoms with Crippen molar-refractivity contribution in [3.8, 4) is 44.5 Å². The fourth-order valence-electron chi connectivity index (χ4n) is 10.1. The summed E-state index contributed by atoms with van der Waals surface area (Å²) in [7, 11) is 0. The summed E-state index contributed by atoms with van der Waals surface area (Å²) in [5.74, 6) is 0. The Bertz CT molecular complexity index is 3960. The van der Waals surface area contributed by atoms with E-state index >= 15 is 0 Å². The van der Waals surface area contributed by atoms with Crippen LogP contribution < -0.4 is 4.90 Å². The first kappa shape index (κ1) is 37.8. The highest BCUT2D eigenvalue weighted by Gasteiger charge is 2.17. The van der Waals surface area contributed by atoms with E-state index in [1.165, 1.54) is 76.5 Å². The molecule has 0 radical (unpaired) electrons. The highest BCUT2D eigenvalue weighted by Crippen LogP contribution is 2.41. The van der Waals surface area contributed by atoms with Crippen LogP contribution in [0.3, 0.4) is 0 Å². The lowest BCUT2D eigenvalue weighted by Gasteiger charge is -2.26. The molecule has 0 N–H and O–H groups in total. The van der Waals surface area contributed by atoms with Gasteiger partial charge in [-0.1, -0.05) is 188 Å². The zero-order valence-electron chi connectivity index (χ0n) is 36.0. The molecule has 0 bridgehead atoms. The number of fused-ring (bicyclic) bond motifs is 9. The Hall–Kier alpha value is -8.72. The van der Waals surface area contributed by atoms with E-state index in [0.717, 1.165) is 50.1 Å². The molecule has 0 aliphatic heterocycles. The molecule has 1 aromatic heterocycles. The van der Waals surface area contributed by atoms with E-state index in [2.05, 4.69) is 241 Å². The summed E-state index contributed by atoms with van der Waals surface area (Å²) in [4.78, 5) is 2.35. The van der Waals surface area contributed by atoms with E-state index in [9.17, 15) is 0 Å². The van der Waals surface area contributed by atoms with Crippen molar-refractivity contribution in [2.75, 3.05) is 4.90 Å². The fraction of sp³-hybridized carbons (Fsp3) is 0. The number of benzene rings is 12. The summed E-state index contributed by atoms with van der Waals surface area (Å²) in [6.07, 6.45) is 0. The summed E-state index contributed by atoms with van der Waals surface area (Å²) in [5.41, 5.74) is 14.5. The van der Waals surface area contributed by atoms with Crippen LogP contribution in [-0.4, -0.2) is 0 Å². The molecule has 12 aromatic carbocycles. The van der Waals surface area contributed by atoms with Gasteiger partial charge in [0, 0.05) is 27.8 Å². The van der Waals surface area contributed by atoms with Gasteiger partial charge in [-0.2, -0.15) is 0 Å². The number of hydrogen-bond acceptors (Lipinski definition) is 2. The monoisotopic (exact) mass is 839 g/mol. The Morgan fingerprint density at radius 1 is 0.242 bits per heavy atom. The minimum atomic E-state index is 0.900. The van der Waals surface area contributed by atoms with E-state index in [0.29, 0.717) is 0 Å². The summed E-state index contributed by atoms with van der Waals surface area (Å²) < 4.78 is 6.26. The first-order valence-electron chi connectivity index (χ1n) is 22.6. The quantitative estimate of drug-likeness (QED) is 0.149. The van der Waals surface area contributed by atoms with Crippen molar-refractivity contribution >= 4 is 82.1 Å². The molecule has 0 saturated carbocycles. The van der Waals surface area contributed by atoms with Gasteiger partial charge in [-0.25, -0.2) is 0 Å². The van der Waals surface area contributed by atoms with Gasteiger partial charge in [-0.15, -0.1) is 0 Å². The predicted molar refractivity (Wildman–Crippen MR) is 280 cm³/mol. The van der Waals surface area contributed by atoms with Gasteiger partial charge in [-0.3, -0.25) is 0 Å². The van der Waals surface area contributed by atoms with Crippen molar-refractivity contribution in [3.05, 3.63) is 249 Å². The van der Waals surface area contributed by atoms with Crippen LogP contribution in [0.4, 0.5) is 17.1 Å². The molecule has 0 aliphatic rings. The minimum absolute atomic E-state index is 0.900. The Labute approximate surface area is 382 Å². The van der Waals surface area contributed by atoms with Gasteiger partial charge < -0.3 is 9.32 Å². The molecule has 1 heterocycles. The molecule has 0 saturated heterocycles. The van der Waals surface area contributed by atoms with Crippen molar-refractivity contribution < 1.29 is 4.42 Å². The van der Waals surface area contributed by atoms with E-state index in [4.69, 9.17) is 4.42 Å². The van der Waals surface area contributed by atoms with Gasteiger partial charge in [0.05, 0.1) is 0 Å². The molecular weight excluding hydrogens is 799 g/mol. The topological polar surface area (TPSA) is 16.4 Å². The number of para-hydroxylation sites is 1. The summed E-state index contributed by atoms with van der Waals surface area (Å²) in [6, 6.07) is 90.3. The number of nitrogens with zero attached hydrogens (tertiary/aromatic N) is 1. The molecule has 0 atom stereocenters. The molecule has 0 aliphatic carbocycles. The molecule has 2 nitrogen and oxygen atoms in total. The van der Waals surface area contributed by atoms with Gasteiger partial charge in [0.1, 0.15) is 11.2 Å². The highest BCUT2D eigenvalue weighted by atomic mass is 16.3. The standard InChI is InChI=1S/C64H41NO/c1-3-10-56-46(8-1)20-22-51-40-49(30-38-58(51)56)44-18-16-42(17-19-44)43-24-32-53(33-25-43)65(55-36-28-48(29-37-55)60-13-7-15-63-64(60)61-12-5-6-14-62(61)66-63)54-34-26-45(27-35-54)50-31-39-59-52(41-50)23-21-47-9-2-4-11-57(47)59/h1-41H. The fourth-order valence-corrected chi connectivity index (χ4v) is 10.1. The molecule has 66 heavy (non-hydrogen) atoms. The van der Waals surface area contributed by atoms with E-state index in [1.54, 1.807) is 0 Å². The Morgan fingerprint density at radius 2 is 0.621 bits per heavy atom. The molecule has 0 unspecified atom stereocenters. The highest BCUT2D eigenvalue weighted by molar-refractivity contribution is 6.13. The second kappa shape index (κ2) is 15.5. The molecule has 0 spiro atoms. The average molecular weight is 840 g/mol. The lowest BCUT2D eigenvalue weighted by atomic mass is 9.96. The third-order valence-corrected chi connectivity index (χ3v) is 13.5. The van der Waals surface area contributed by atoms with Crippen LogP contribution in [0.2, 0.25) is 0 Å². The Balaban J connectivity index is 0.840. The van der Waals surface area contributed by atoms with Crippen molar-refractivity contribution in [2.24, 2.45) is 0 Å². The maximum atomic E-state index is 6.26. The largest absolute Gasteiger partial charge is 0.456 e. The van der Waals surface area contributed by atoms with Crippen molar-refractivity contribution in [1.29, 1.82) is 0 Å². The maximum absolute atomic E-state index is 6.26. The molecular formula is C64H41NO. The zero-order chi connectivity index (χ0) is 43.6. The van der Waals surface area contributed by atoms with Gasteiger partial charge in [0.15, 0.2) is 0 Å². The van der Waals surface area contributed by atoms with Crippen molar-refractivity contribution in [3.63, 3.8) is 0 Å². The number of rotatable bonds is 7. The number of hydrogen-bond donors (Lipinski definition) is 0. The molecule has 13 aromatic rings. The molecule has 13 rings (SSSR count). The summed E-state index contributed by atoms with van der Waals surface area (Å²) >= 11 is 0. The smallest absolute Gasteiger partial charge is 0.136 e. The second-order valence-electron chi connectivity index (χ2n) is 17.3. The van der Waals surface area contributed by atoms with Crippen LogP contribution in [0.25, 0.3) is 110 Å². The van der Waals surface area contributed by atoms with Gasteiger partial charge in [-0.05, 0) is 148 Å². The SMILES string of the molecule is c1ccc2c(c1)ccc1cc(-c3ccc(-c4ccc(N(c5ccc(-c6ccc7c(ccc8ccccc87)c6)cc5)c5ccc(-c6cccc7oc8ccccc8c67)cc5)cc4)cc3)ccc12. The first-order valence-corrected chi connectivity index (χ1v) is 22.6. The van der Waals surface area contributed by atoms with Crippen LogP contribution in [0.1, 0.15) is 0 Å². The average Bonchev–Trinajstić information content (AvgIpc) is 3.78. The normalized spacial score (nSPS) is 11.6. The van der Waals surface area contributed by atoms with Crippen molar-refractivity contribution in [1.82, 2.24) is 0 Å². The van der Waals surface area contributed by atoms with Crippen LogP contribution in [0.15, 0.2) is 253 Å². The van der Waals surface area contributed by atoms with Crippen LogP contribution in [0.5, 0.6) is 0 Å². The lowest BCUT2D eigenvalue weighted by molar-refractivity contribution is 0.669. The Kier molecular flexibility index (Phi) is 8.89. The molecule has 0 amide bonds. The van der Waals surface area contributed by atoms with Gasteiger partial charge >= 0.3 is 0 Å². The third-order valence-electron chi connectivity index (χ3n) is 13.5. The molecule has 308 valence electrons. The van der Waals surface area contributed by atoms with Crippen LogP contribution >= 0.6 is 0 Å².